The van der Waals surface area contributed by atoms with Crippen LogP contribution in [0.15, 0.2) is 24.5 Å². The summed E-state index contributed by atoms with van der Waals surface area (Å²) >= 11 is 1.92. The SMILES string of the molecule is CCNC(Cc1cnn(C)c1)c1ccc(CC)s1. The average molecular weight is 263 g/mol. The third kappa shape index (κ3) is 3.21. The lowest BCUT2D eigenvalue weighted by Crippen LogP contribution is -2.21. The molecule has 1 atom stereocenters. The van der Waals surface area contributed by atoms with Crippen LogP contribution in [0.1, 0.15) is 35.2 Å². The molecule has 2 aromatic rings. The molecule has 0 saturated carbocycles. The lowest BCUT2D eigenvalue weighted by molar-refractivity contribution is 0.558. The molecule has 2 heterocycles. The Morgan fingerprint density at radius 1 is 1.39 bits per heavy atom. The third-order valence-electron chi connectivity index (χ3n) is 3.02. The Hall–Kier alpha value is -1.13. The van der Waals surface area contributed by atoms with E-state index in [0.717, 1.165) is 19.4 Å². The molecule has 0 saturated heterocycles. The van der Waals surface area contributed by atoms with Gasteiger partial charge in [0.1, 0.15) is 0 Å². The molecule has 0 aliphatic carbocycles. The first-order valence-corrected chi connectivity index (χ1v) is 7.34. The van der Waals surface area contributed by atoms with Crippen LogP contribution in [0.25, 0.3) is 0 Å². The molecule has 0 radical (unpaired) electrons. The average Bonchev–Trinajstić information content (AvgIpc) is 2.97. The number of nitrogens with one attached hydrogen (secondary N) is 1. The van der Waals surface area contributed by atoms with Gasteiger partial charge in [0.05, 0.1) is 6.20 Å². The molecule has 2 rings (SSSR count). The summed E-state index contributed by atoms with van der Waals surface area (Å²) in [7, 11) is 1.96. The van der Waals surface area contributed by atoms with Crippen molar-refractivity contribution in [1.29, 1.82) is 0 Å². The summed E-state index contributed by atoms with van der Waals surface area (Å²) in [6, 6.07) is 4.91. The minimum atomic E-state index is 0.407. The number of rotatable bonds is 6. The zero-order valence-corrected chi connectivity index (χ0v) is 12.1. The lowest BCUT2D eigenvalue weighted by atomic mass is 10.1. The highest BCUT2D eigenvalue weighted by Gasteiger charge is 2.14. The quantitative estimate of drug-likeness (QED) is 0.868. The molecule has 4 heteroatoms. The highest BCUT2D eigenvalue weighted by atomic mass is 32.1. The van der Waals surface area contributed by atoms with E-state index in [4.69, 9.17) is 0 Å². The van der Waals surface area contributed by atoms with Gasteiger partial charge < -0.3 is 5.32 Å². The largest absolute Gasteiger partial charge is 0.309 e. The molecule has 18 heavy (non-hydrogen) atoms. The smallest absolute Gasteiger partial charge is 0.0522 e. The van der Waals surface area contributed by atoms with E-state index in [9.17, 15) is 0 Å². The van der Waals surface area contributed by atoms with Crippen molar-refractivity contribution in [3.05, 3.63) is 39.8 Å². The van der Waals surface area contributed by atoms with Crippen LogP contribution >= 0.6 is 11.3 Å². The molecule has 1 N–H and O–H groups in total. The summed E-state index contributed by atoms with van der Waals surface area (Å²) in [5.74, 6) is 0. The van der Waals surface area contributed by atoms with Crippen molar-refractivity contribution in [2.24, 2.45) is 7.05 Å². The maximum absolute atomic E-state index is 4.24. The van der Waals surface area contributed by atoms with Gasteiger partial charge in [-0.1, -0.05) is 13.8 Å². The monoisotopic (exact) mass is 263 g/mol. The van der Waals surface area contributed by atoms with Crippen molar-refractivity contribution in [1.82, 2.24) is 15.1 Å². The van der Waals surface area contributed by atoms with E-state index in [2.05, 4.69) is 42.6 Å². The first-order valence-electron chi connectivity index (χ1n) is 6.52. The zero-order chi connectivity index (χ0) is 13.0. The van der Waals surface area contributed by atoms with E-state index >= 15 is 0 Å². The van der Waals surface area contributed by atoms with Crippen LogP contribution in [0.5, 0.6) is 0 Å². The van der Waals surface area contributed by atoms with Crippen LogP contribution < -0.4 is 5.32 Å². The second-order valence-electron chi connectivity index (χ2n) is 4.49. The maximum atomic E-state index is 4.24. The summed E-state index contributed by atoms with van der Waals surface area (Å²) in [6.07, 6.45) is 6.18. The fourth-order valence-electron chi connectivity index (χ4n) is 2.10. The Labute approximate surface area is 113 Å². The van der Waals surface area contributed by atoms with Gasteiger partial charge in [-0.3, -0.25) is 4.68 Å². The number of likely N-dealkylation sites (N-methyl/N-ethyl adjacent to an activating group) is 1. The van der Waals surface area contributed by atoms with Gasteiger partial charge in [-0.25, -0.2) is 0 Å². The van der Waals surface area contributed by atoms with Gasteiger partial charge in [0.2, 0.25) is 0 Å². The molecule has 1 unspecified atom stereocenters. The van der Waals surface area contributed by atoms with Crippen molar-refractivity contribution < 1.29 is 0 Å². The Morgan fingerprint density at radius 2 is 2.22 bits per heavy atom. The Morgan fingerprint density at radius 3 is 2.78 bits per heavy atom. The number of nitrogens with zero attached hydrogens (tertiary/aromatic N) is 2. The molecule has 0 bridgehead atoms. The minimum Gasteiger partial charge on any atom is -0.309 e. The van der Waals surface area contributed by atoms with Gasteiger partial charge in [-0.15, -0.1) is 11.3 Å². The van der Waals surface area contributed by atoms with Crippen LogP contribution in [0.2, 0.25) is 0 Å². The van der Waals surface area contributed by atoms with Crippen molar-refractivity contribution in [3.8, 4) is 0 Å². The molecule has 2 aromatic heterocycles. The first kappa shape index (κ1) is 13.3. The number of hydrogen-bond donors (Lipinski definition) is 1. The molecule has 0 spiro atoms. The van der Waals surface area contributed by atoms with E-state index in [1.165, 1.54) is 15.3 Å². The molecule has 0 aliphatic rings. The number of aromatic nitrogens is 2. The zero-order valence-electron chi connectivity index (χ0n) is 11.3. The molecule has 98 valence electrons. The fourth-order valence-corrected chi connectivity index (χ4v) is 3.13. The van der Waals surface area contributed by atoms with Crippen LogP contribution in [-0.4, -0.2) is 16.3 Å². The predicted molar refractivity (Wildman–Crippen MR) is 77.0 cm³/mol. The van der Waals surface area contributed by atoms with Gasteiger partial charge in [0, 0.05) is 29.0 Å². The van der Waals surface area contributed by atoms with Crippen molar-refractivity contribution >= 4 is 11.3 Å². The van der Waals surface area contributed by atoms with Crippen molar-refractivity contribution in [3.63, 3.8) is 0 Å². The summed E-state index contributed by atoms with van der Waals surface area (Å²) < 4.78 is 1.87. The van der Waals surface area contributed by atoms with E-state index in [1.807, 2.05) is 29.3 Å². The van der Waals surface area contributed by atoms with Gasteiger partial charge in [0.15, 0.2) is 0 Å². The van der Waals surface area contributed by atoms with Crippen LogP contribution in [0, 0.1) is 0 Å². The third-order valence-corrected chi connectivity index (χ3v) is 4.37. The predicted octanol–water partition coefficient (Wildman–Crippen LogP) is 2.94. The molecule has 0 aliphatic heterocycles. The van der Waals surface area contributed by atoms with Crippen LogP contribution in [0.4, 0.5) is 0 Å². The Bertz CT molecular complexity index is 487. The maximum Gasteiger partial charge on any atom is 0.0522 e. The van der Waals surface area contributed by atoms with E-state index in [0.29, 0.717) is 6.04 Å². The number of aryl methyl sites for hydroxylation is 2. The topological polar surface area (TPSA) is 29.9 Å². The van der Waals surface area contributed by atoms with Crippen LogP contribution in [-0.2, 0) is 19.9 Å². The van der Waals surface area contributed by atoms with E-state index in [1.54, 1.807) is 0 Å². The summed E-state index contributed by atoms with van der Waals surface area (Å²) in [5, 5.41) is 7.80. The van der Waals surface area contributed by atoms with Gasteiger partial charge in [-0.05, 0) is 37.1 Å². The molecular formula is C14H21N3S. The minimum absolute atomic E-state index is 0.407. The van der Waals surface area contributed by atoms with E-state index in [-0.39, 0.29) is 0 Å². The first-order chi connectivity index (χ1) is 8.72. The fraction of sp³-hybridized carbons (Fsp3) is 0.500. The summed E-state index contributed by atoms with van der Waals surface area (Å²) in [4.78, 5) is 2.89. The summed E-state index contributed by atoms with van der Waals surface area (Å²) in [6.45, 7) is 5.36. The second-order valence-corrected chi connectivity index (χ2v) is 5.69. The Kier molecular flexibility index (Phi) is 4.55. The van der Waals surface area contributed by atoms with Gasteiger partial charge >= 0.3 is 0 Å². The van der Waals surface area contributed by atoms with Crippen molar-refractivity contribution in [2.45, 2.75) is 32.7 Å². The van der Waals surface area contributed by atoms with Crippen LogP contribution in [0.3, 0.4) is 0 Å². The van der Waals surface area contributed by atoms with Gasteiger partial charge in [0.25, 0.3) is 0 Å². The Balaban J connectivity index is 2.12. The number of thiophene rings is 1. The standard InChI is InChI=1S/C14H21N3S/c1-4-12-6-7-14(18-12)13(15-5-2)8-11-9-16-17(3)10-11/h6-7,9-10,13,15H,4-5,8H2,1-3H3. The second kappa shape index (κ2) is 6.16. The molecular weight excluding hydrogens is 242 g/mol. The normalized spacial score (nSPS) is 12.8. The molecule has 3 nitrogen and oxygen atoms in total. The molecule has 0 fully saturated rings. The number of hydrogen-bond acceptors (Lipinski definition) is 3. The highest BCUT2D eigenvalue weighted by molar-refractivity contribution is 7.12. The van der Waals surface area contributed by atoms with E-state index < -0.39 is 0 Å². The lowest BCUT2D eigenvalue weighted by Gasteiger charge is -2.15. The molecule has 0 aromatic carbocycles. The molecule has 0 amide bonds. The van der Waals surface area contributed by atoms with Crippen molar-refractivity contribution in [2.75, 3.05) is 6.54 Å². The van der Waals surface area contributed by atoms with Gasteiger partial charge in [-0.2, -0.15) is 5.10 Å². The summed E-state index contributed by atoms with van der Waals surface area (Å²) in [5.41, 5.74) is 1.29. The highest BCUT2D eigenvalue weighted by Crippen LogP contribution is 2.26.